The van der Waals surface area contributed by atoms with Gasteiger partial charge in [-0.25, -0.2) is 29.9 Å². The minimum atomic E-state index is 0.529. The van der Waals surface area contributed by atoms with Crippen LogP contribution in [0.1, 0.15) is 186 Å². The summed E-state index contributed by atoms with van der Waals surface area (Å²) < 4.78 is 0. The number of hydrogen-bond donors (Lipinski definition) is 0. The summed E-state index contributed by atoms with van der Waals surface area (Å²) in [6.45, 7) is 11.6. The molecule has 2 saturated carbocycles. The van der Waals surface area contributed by atoms with E-state index in [2.05, 4.69) is 250 Å². The molecule has 0 saturated heterocycles. The minimum Gasteiger partial charge on any atom is -0.241 e. The molecule has 0 radical (unpaired) electrons. The summed E-state index contributed by atoms with van der Waals surface area (Å²) in [4.78, 5) is 36.3. The van der Waals surface area contributed by atoms with Crippen LogP contribution >= 0.6 is 34.0 Å². The van der Waals surface area contributed by atoms with Crippen LogP contribution in [-0.4, -0.2) is 29.9 Å². The molecule has 0 unspecified atom stereocenters. The lowest BCUT2D eigenvalue weighted by Gasteiger charge is -2.26. The molecule has 6 aromatic carbocycles. The van der Waals surface area contributed by atoms with Crippen LogP contribution in [0.15, 0.2) is 237 Å². The van der Waals surface area contributed by atoms with Crippen molar-refractivity contribution in [3.63, 3.8) is 0 Å². The van der Waals surface area contributed by atoms with Gasteiger partial charge in [0.15, 0.2) is 0 Å². The van der Waals surface area contributed by atoms with E-state index in [1.807, 2.05) is 70.8 Å². The lowest BCUT2D eigenvalue weighted by Crippen LogP contribution is -2.14. The summed E-state index contributed by atoms with van der Waals surface area (Å²) in [7, 11) is 0. The average Bonchev–Trinajstić information content (AvgIpc) is 1.86. The Kier molecular flexibility index (Phi) is 25.7. The van der Waals surface area contributed by atoms with Crippen LogP contribution in [0.25, 0.3) is 31.7 Å². The molecule has 99 heavy (non-hydrogen) atoms. The van der Waals surface area contributed by atoms with Crippen LogP contribution in [0.2, 0.25) is 0 Å². The second-order valence-electron chi connectivity index (χ2n) is 28.4. The lowest BCUT2D eigenvalue weighted by atomic mass is 9.80. The number of hydrogen-bond acceptors (Lipinski definition) is 9. The van der Waals surface area contributed by atoms with Crippen molar-refractivity contribution in [1.29, 1.82) is 0 Å². The van der Waals surface area contributed by atoms with Gasteiger partial charge in [0.05, 0.1) is 31.7 Å². The van der Waals surface area contributed by atoms with Gasteiger partial charge in [-0.1, -0.05) is 224 Å². The quantitative estimate of drug-likeness (QED) is 0.0600. The highest BCUT2D eigenvalue weighted by Gasteiger charge is 2.21. The molecule has 2 fully saturated rings. The first-order chi connectivity index (χ1) is 48.5. The lowest BCUT2D eigenvalue weighted by molar-refractivity contribution is 0.289. The zero-order chi connectivity index (χ0) is 68.0. The Morgan fingerprint density at radius 3 is 1.10 bits per heavy atom. The predicted octanol–water partition coefficient (Wildman–Crippen LogP) is 23.6. The van der Waals surface area contributed by atoms with Crippen LogP contribution in [0, 0.1) is 23.7 Å². The first-order valence-electron chi connectivity index (χ1n) is 36.6. The van der Waals surface area contributed by atoms with Gasteiger partial charge in [-0.15, -0.1) is 34.0 Å². The third kappa shape index (κ3) is 21.8. The molecule has 1 atom stereocenters. The van der Waals surface area contributed by atoms with Gasteiger partial charge in [0, 0.05) is 52.5 Å². The third-order valence-corrected chi connectivity index (χ3v) is 23.6. The van der Waals surface area contributed by atoms with E-state index in [1.165, 1.54) is 144 Å². The van der Waals surface area contributed by atoms with Gasteiger partial charge in [-0.2, -0.15) is 0 Å². The van der Waals surface area contributed by atoms with Gasteiger partial charge >= 0.3 is 0 Å². The second-order valence-corrected chi connectivity index (χ2v) is 31.9. The number of aromatic nitrogens is 6. The Balaban J connectivity index is 0.000000141. The highest BCUT2D eigenvalue weighted by atomic mass is 32.1. The van der Waals surface area contributed by atoms with E-state index in [9.17, 15) is 0 Å². The van der Waals surface area contributed by atoms with E-state index in [-0.39, 0.29) is 0 Å². The summed E-state index contributed by atoms with van der Waals surface area (Å²) in [5.41, 5.74) is 15.5. The van der Waals surface area contributed by atoms with Crippen molar-refractivity contribution in [3.05, 3.63) is 319 Å². The third-order valence-electron chi connectivity index (χ3n) is 20.1. The fourth-order valence-corrected chi connectivity index (χ4v) is 17.0. The number of nitrogens with zero attached hydrogens (tertiary/aromatic N) is 6. The van der Waals surface area contributed by atoms with Crippen LogP contribution in [0.3, 0.4) is 0 Å². The molecule has 0 spiro atoms. The molecule has 6 nitrogen and oxygen atoms in total. The summed E-state index contributed by atoms with van der Waals surface area (Å²) >= 11 is 5.56. The van der Waals surface area contributed by atoms with Crippen molar-refractivity contribution in [2.75, 3.05) is 0 Å². The summed E-state index contributed by atoms with van der Waals surface area (Å²) in [6, 6.07) is 78.7. The number of thiophene rings is 3. The van der Waals surface area contributed by atoms with Gasteiger partial charge in [-0.3, -0.25) is 0 Å². The first-order valence-corrected chi connectivity index (χ1v) is 39.1. The van der Waals surface area contributed by atoms with Crippen molar-refractivity contribution in [1.82, 2.24) is 29.9 Å². The van der Waals surface area contributed by atoms with Crippen LogP contribution in [0.5, 0.6) is 0 Å². The molecule has 12 aromatic rings. The van der Waals surface area contributed by atoms with Crippen molar-refractivity contribution < 1.29 is 0 Å². The van der Waals surface area contributed by atoms with Gasteiger partial charge in [0.1, 0.15) is 17.5 Å². The molecular formula is C90H98N6S3. The van der Waals surface area contributed by atoms with Gasteiger partial charge in [0.2, 0.25) is 0 Å². The molecule has 6 heterocycles. The summed E-state index contributed by atoms with van der Waals surface area (Å²) in [5, 5.41) is 0. The maximum Gasteiger partial charge on any atom is 0.133 e. The Labute approximate surface area is 602 Å². The van der Waals surface area contributed by atoms with Gasteiger partial charge in [-0.05, 0) is 217 Å². The van der Waals surface area contributed by atoms with Crippen LogP contribution in [0.4, 0.5) is 0 Å². The zero-order valence-electron chi connectivity index (χ0n) is 58.8. The van der Waals surface area contributed by atoms with E-state index < -0.39 is 0 Å². The second kappa shape index (κ2) is 36.1. The van der Waals surface area contributed by atoms with Crippen LogP contribution in [-0.2, 0) is 64.2 Å². The summed E-state index contributed by atoms with van der Waals surface area (Å²) in [6.07, 6.45) is 28.1. The van der Waals surface area contributed by atoms with Crippen molar-refractivity contribution >= 4 is 34.0 Å². The average molecular weight is 1360 g/mol. The highest BCUT2D eigenvalue weighted by Crippen LogP contribution is 2.35. The Hall–Kier alpha value is -8.34. The van der Waals surface area contributed by atoms with E-state index >= 15 is 0 Å². The first kappa shape index (κ1) is 70.5. The maximum atomic E-state index is 4.92. The predicted molar refractivity (Wildman–Crippen MR) is 418 cm³/mol. The normalized spacial score (nSPS) is 16.3. The Morgan fingerprint density at radius 2 is 0.687 bits per heavy atom. The molecule has 2 aliphatic carbocycles. The Morgan fingerprint density at radius 1 is 0.333 bits per heavy atom. The molecule has 506 valence electrons. The molecule has 14 rings (SSSR count). The molecule has 0 N–H and O–H groups in total. The SMILES string of the molecule is CC(C)c1cccc(Cc2nccc(-c3ccc(CC[C@H](C)c4ccccc4)s3)n2)c1.CC1CCC(Cc2cccc(Cc3nccc(-c4ccc(CCc5ccccc5)s4)n3)c2)CC1.CC1CCC(Cc2cccc(Cc3nccc(-c4ccc(CCc5ccccc5)s4)n3)c2)CC1. The summed E-state index contributed by atoms with van der Waals surface area (Å²) in [5.74, 6) is 7.31. The van der Waals surface area contributed by atoms with Crippen LogP contribution < -0.4 is 0 Å². The molecule has 0 bridgehead atoms. The zero-order valence-corrected chi connectivity index (χ0v) is 61.3. The van der Waals surface area contributed by atoms with Gasteiger partial charge in [0.25, 0.3) is 0 Å². The number of aryl methyl sites for hydroxylation is 5. The fourth-order valence-electron chi connectivity index (χ4n) is 14.0. The number of rotatable bonds is 24. The largest absolute Gasteiger partial charge is 0.241 e. The minimum absolute atomic E-state index is 0.529. The van der Waals surface area contributed by atoms with E-state index in [4.69, 9.17) is 15.0 Å². The molecule has 0 aliphatic heterocycles. The topological polar surface area (TPSA) is 77.3 Å². The molecule has 6 aromatic heterocycles. The van der Waals surface area contributed by atoms with Crippen molar-refractivity contribution in [2.45, 2.75) is 168 Å². The van der Waals surface area contributed by atoms with Gasteiger partial charge < -0.3 is 0 Å². The monoisotopic (exact) mass is 1360 g/mol. The van der Waals surface area contributed by atoms with Crippen molar-refractivity contribution in [3.8, 4) is 31.7 Å². The van der Waals surface area contributed by atoms with E-state index in [0.29, 0.717) is 11.8 Å². The maximum absolute atomic E-state index is 4.92. The molecule has 9 heteroatoms. The van der Waals surface area contributed by atoms with Crippen molar-refractivity contribution in [2.24, 2.45) is 23.7 Å². The molecular weight excluding hydrogens is 1260 g/mol. The highest BCUT2D eigenvalue weighted by molar-refractivity contribution is 7.16. The van der Waals surface area contributed by atoms with E-state index in [1.54, 1.807) is 0 Å². The molecule has 0 amide bonds. The Bertz CT molecular complexity index is 4190. The standard InChI is InChI=1S/2C31H34N2S.C28H30N2S/c2*1-23-10-12-25(13-11-23)20-26-8-5-9-27(21-26)22-31-32-19-18-29(33-31)30-17-16-28(34-30)15-14-24-6-3-2-4-7-24;1-20(2)24-11-7-8-22(18-24)19-28-29-17-16-26(30-28)27-15-14-25(31-27)13-12-21(3)23-9-5-4-6-10-23/h2*2-9,16-19,21,23,25H,10-15,20,22H2,1H3;4-11,14-18,20-21H,12-13,19H2,1-3H3/t;;21-/m..0/s1. The fraction of sp³-hybridized carbons (Fsp3) is 0.333. The molecule has 2 aliphatic rings. The van der Waals surface area contributed by atoms with E-state index in [0.717, 1.165) is 116 Å². The number of benzene rings is 6. The smallest absolute Gasteiger partial charge is 0.133 e.